The van der Waals surface area contributed by atoms with E-state index in [1.807, 2.05) is 0 Å². The van der Waals surface area contributed by atoms with Gasteiger partial charge in [0.05, 0.1) is 5.57 Å². The van der Waals surface area contributed by atoms with Crippen LogP contribution in [0, 0.1) is 0 Å². The Balaban J connectivity index is 3.09. The fourth-order valence-electron chi connectivity index (χ4n) is 0.885. The molecule has 0 saturated carbocycles. The van der Waals surface area contributed by atoms with E-state index in [4.69, 9.17) is 0 Å². The molecule has 1 rings (SSSR count). The Kier molecular flexibility index (Phi) is 2.97. The number of allylic oxidation sites excluding steroid dienone is 1. The van der Waals surface area contributed by atoms with Crippen molar-refractivity contribution < 1.29 is 14.7 Å². The second-order valence-electron chi connectivity index (χ2n) is 2.44. The monoisotopic (exact) mass is 176 g/mol. The minimum absolute atomic E-state index is 0.00139. The first kappa shape index (κ1) is 9.19. The lowest BCUT2D eigenvalue weighted by atomic mass is 10.1. The second kappa shape index (κ2) is 4.21. The van der Waals surface area contributed by atoms with Crippen LogP contribution in [0.4, 0.5) is 0 Å². The largest absolute Gasteiger partial charge is 0.507 e. The van der Waals surface area contributed by atoms with Crippen LogP contribution in [-0.4, -0.2) is 17.7 Å². The highest BCUT2D eigenvalue weighted by atomic mass is 16.3. The summed E-state index contributed by atoms with van der Waals surface area (Å²) in [5.74, 6) is 0.0451. The lowest BCUT2D eigenvalue weighted by Crippen LogP contribution is -1.85. The highest BCUT2D eigenvalue weighted by molar-refractivity contribution is 6.04. The zero-order valence-electron chi connectivity index (χ0n) is 6.81. The number of phenols is 1. The molecule has 1 N–H and O–H groups in total. The number of phenolic OH excluding ortho intramolecular Hbond substituents is 1. The minimum Gasteiger partial charge on any atom is -0.507 e. The van der Waals surface area contributed by atoms with E-state index in [1.165, 1.54) is 12.1 Å². The van der Waals surface area contributed by atoms with Crippen LogP contribution in [-0.2, 0) is 9.59 Å². The number of rotatable bonds is 3. The number of para-hydroxylation sites is 1. The SMILES string of the molecule is O=CC(C=O)=Cc1ccccc1O. The van der Waals surface area contributed by atoms with Gasteiger partial charge in [-0.05, 0) is 12.1 Å². The normalized spacial score (nSPS) is 8.92. The van der Waals surface area contributed by atoms with Crippen molar-refractivity contribution in [3.05, 3.63) is 35.4 Å². The molecule has 0 aliphatic carbocycles. The number of carbonyl (C=O) groups is 2. The van der Waals surface area contributed by atoms with Crippen LogP contribution >= 0.6 is 0 Å². The molecule has 0 bridgehead atoms. The van der Waals surface area contributed by atoms with Crippen LogP contribution in [0.1, 0.15) is 5.56 Å². The van der Waals surface area contributed by atoms with Crippen molar-refractivity contribution in [1.82, 2.24) is 0 Å². The second-order valence-corrected chi connectivity index (χ2v) is 2.44. The topological polar surface area (TPSA) is 54.4 Å². The van der Waals surface area contributed by atoms with Gasteiger partial charge in [0.1, 0.15) is 5.75 Å². The summed E-state index contributed by atoms with van der Waals surface area (Å²) in [5.41, 5.74) is 0.457. The number of hydrogen-bond acceptors (Lipinski definition) is 3. The molecule has 1 aromatic rings. The molecule has 0 saturated heterocycles. The Hall–Kier alpha value is -1.90. The third kappa shape index (κ3) is 2.27. The summed E-state index contributed by atoms with van der Waals surface area (Å²) in [7, 11) is 0. The molecular formula is C10H8O3. The highest BCUT2D eigenvalue weighted by Crippen LogP contribution is 2.17. The van der Waals surface area contributed by atoms with Crippen LogP contribution in [0.3, 0.4) is 0 Å². The van der Waals surface area contributed by atoms with Crippen LogP contribution in [0.25, 0.3) is 6.08 Å². The Morgan fingerprint density at radius 2 is 1.77 bits per heavy atom. The van der Waals surface area contributed by atoms with Crippen molar-refractivity contribution in [1.29, 1.82) is 0 Å². The Morgan fingerprint density at radius 3 is 2.31 bits per heavy atom. The van der Waals surface area contributed by atoms with Crippen molar-refractivity contribution in [3.8, 4) is 5.75 Å². The zero-order valence-corrected chi connectivity index (χ0v) is 6.81. The number of benzene rings is 1. The van der Waals surface area contributed by atoms with E-state index in [2.05, 4.69) is 0 Å². The molecule has 66 valence electrons. The molecule has 0 amide bonds. The maximum atomic E-state index is 10.3. The van der Waals surface area contributed by atoms with Gasteiger partial charge in [0.2, 0.25) is 0 Å². The van der Waals surface area contributed by atoms with E-state index in [1.54, 1.807) is 18.2 Å². The highest BCUT2D eigenvalue weighted by Gasteiger charge is 1.97. The smallest absolute Gasteiger partial charge is 0.153 e. The molecule has 0 aromatic heterocycles. The average Bonchev–Trinajstić information content (AvgIpc) is 2.17. The van der Waals surface area contributed by atoms with Crippen LogP contribution in [0.2, 0.25) is 0 Å². The van der Waals surface area contributed by atoms with Gasteiger partial charge in [-0.15, -0.1) is 0 Å². The van der Waals surface area contributed by atoms with Gasteiger partial charge in [-0.1, -0.05) is 18.2 Å². The Labute approximate surface area is 75.3 Å². The van der Waals surface area contributed by atoms with Crippen molar-refractivity contribution in [2.24, 2.45) is 0 Å². The molecule has 0 fully saturated rings. The summed E-state index contributed by atoms with van der Waals surface area (Å²) in [5, 5.41) is 9.27. The van der Waals surface area contributed by atoms with Gasteiger partial charge in [-0.2, -0.15) is 0 Å². The summed E-state index contributed by atoms with van der Waals surface area (Å²) < 4.78 is 0. The molecule has 0 aliphatic rings. The average molecular weight is 176 g/mol. The van der Waals surface area contributed by atoms with E-state index in [-0.39, 0.29) is 11.3 Å². The van der Waals surface area contributed by atoms with E-state index in [0.717, 1.165) is 0 Å². The summed E-state index contributed by atoms with van der Waals surface area (Å²) in [6, 6.07) is 6.47. The Morgan fingerprint density at radius 1 is 1.15 bits per heavy atom. The first-order valence-electron chi connectivity index (χ1n) is 3.68. The van der Waals surface area contributed by atoms with Crippen molar-refractivity contribution >= 4 is 18.6 Å². The van der Waals surface area contributed by atoms with Crippen LogP contribution in [0.15, 0.2) is 29.8 Å². The predicted octanol–water partition coefficient (Wildman–Crippen LogP) is 1.17. The molecule has 13 heavy (non-hydrogen) atoms. The summed E-state index contributed by atoms with van der Waals surface area (Å²) in [6.45, 7) is 0. The van der Waals surface area contributed by atoms with Crippen molar-refractivity contribution in [2.75, 3.05) is 0 Å². The van der Waals surface area contributed by atoms with Crippen LogP contribution in [0.5, 0.6) is 5.75 Å². The van der Waals surface area contributed by atoms with Gasteiger partial charge < -0.3 is 5.11 Å². The first-order valence-corrected chi connectivity index (χ1v) is 3.68. The molecule has 1 aromatic carbocycles. The molecule has 0 radical (unpaired) electrons. The van der Waals surface area contributed by atoms with Gasteiger partial charge in [0.25, 0.3) is 0 Å². The molecule has 3 heteroatoms. The summed E-state index contributed by atoms with van der Waals surface area (Å²) in [6.07, 6.45) is 2.22. The number of hydrogen-bond donors (Lipinski definition) is 1. The maximum Gasteiger partial charge on any atom is 0.153 e. The Bertz CT molecular complexity index is 343. The maximum absolute atomic E-state index is 10.3. The van der Waals surface area contributed by atoms with Gasteiger partial charge in [0.15, 0.2) is 12.6 Å². The molecule has 0 atom stereocenters. The fraction of sp³-hybridized carbons (Fsp3) is 0. The molecule has 3 nitrogen and oxygen atoms in total. The molecule has 0 heterocycles. The van der Waals surface area contributed by atoms with Crippen molar-refractivity contribution in [3.63, 3.8) is 0 Å². The van der Waals surface area contributed by atoms with Crippen molar-refractivity contribution in [2.45, 2.75) is 0 Å². The fourth-order valence-corrected chi connectivity index (χ4v) is 0.885. The van der Waals surface area contributed by atoms with E-state index < -0.39 is 0 Å². The quantitative estimate of drug-likeness (QED) is 0.325. The molecule has 0 unspecified atom stereocenters. The summed E-state index contributed by atoms with van der Waals surface area (Å²) >= 11 is 0. The number of carbonyl (C=O) groups excluding carboxylic acids is 2. The minimum atomic E-state index is 0.00139. The number of aromatic hydroxyl groups is 1. The van der Waals surface area contributed by atoms with E-state index in [0.29, 0.717) is 18.1 Å². The molecule has 0 aliphatic heterocycles. The third-order valence-electron chi connectivity index (χ3n) is 1.53. The van der Waals surface area contributed by atoms with Gasteiger partial charge in [-0.25, -0.2) is 0 Å². The molecule has 0 spiro atoms. The van der Waals surface area contributed by atoms with Gasteiger partial charge >= 0.3 is 0 Å². The first-order chi connectivity index (χ1) is 6.27. The number of aldehydes is 2. The van der Waals surface area contributed by atoms with E-state index in [9.17, 15) is 14.7 Å². The van der Waals surface area contributed by atoms with Crippen LogP contribution < -0.4 is 0 Å². The van der Waals surface area contributed by atoms with Gasteiger partial charge in [0, 0.05) is 5.56 Å². The predicted molar refractivity (Wildman–Crippen MR) is 48.2 cm³/mol. The third-order valence-corrected chi connectivity index (χ3v) is 1.53. The zero-order chi connectivity index (χ0) is 9.68. The lowest BCUT2D eigenvalue weighted by Gasteiger charge is -1.96. The summed E-state index contributed by atoms with van der Waals surface area (Å²) in [4.78, 5) is 20.5. The lowest BCUT2D eigenvalue weighted by molar-refractivity contribution is -0.109. The molecular weight excluding hydrogens is 168 g/mol. The standard InChI is InChI=1S/C10H8O3/c11-6-8(7-12)5-9-3-1-2-4-10(9)13/h1-7,13H. The van der Waals surface area contributed by atoms with Gasteiger partial charge in [-0.3, -0.25) is 9.59 Å². The van der Waals surface area contributed by atoms with E-state index >= 15 is 0 Å².